The minimum Gasteiger partial charge on any atom is -0.334 e. The molecule has 8 heteroatoms. The molecule has 1 amide bonds. The second kappa shape index (κ2) is 6.70. The van der Waals surface area contributed by atoms with Crippen LogP contribution in [0.15, 0.2) is 35.5 Å². The first-order valence-electron chi connectivity index (χ1n) is 8.75. The van der Waals surface area contributed by atoms with E-state index in [0.29, 0.717) is 17.8 Å². The first kappa shape index (κ1) is 16.4. The van der Waals surface area contributed by atoms with Crippen molar-refractivity contribution in [3.63, 3.8) is 0 Å². The van der Waals surface area contributed by atoms with Gasteiger partial charge in [0.2, 0.25) is 0 Å². The van der Waals surface area contributed by atoms with Gasteiger partial charge in [0.1, 0.15) is 11.2 Å². The number of fused-ring (bicyclic) bond motifs is 1. The van der Waals surface area contributed by atoms with E-state index in [1.807, 2.05) is 23.1 Å². The molecule has 0 bridgehead atoms. The standard InChI is InChI=1S/C18H20N6O2/c1-23-11-20-14-15(17(23)25)21-22-16(14)18(26)24-10-4-6-13(24)8-7-12-5-2-3-9-19-12/h2-3,5,9,11,13H,4,6-8,10H2,1H3,(H,21,22)/t13-/m0/s1. The second-order valence-corrected chi connectivity index (χ2v) is 6.61. The number of nitrogens with one attached hydrogen (secondary N) is 1. The maximum atomic E-state index is 13.0. The van der Waals surface area contributed by atoms with Crippen molar-refractivity contribution in [2.24, 2.45) is 7.05 Å². The van der Waals surface area contributed by atoms with Crippen molar-refractivity contribution in [3.8, 4) is 0 Å². The normalized spacial score (nSPS) is 17.1. The number of hydrogen-bond donors (Lipinski definition) is 1. The van der Waals surface area contributed by atoms with Crippen LogP contribution in [0.25, 0.3) is 11.0 Å². The summed E-state index contributed by atoms with van der Waals surface area (Å²) in [6, 6.07) is 6.04. The topological polar surface area (TPSA) is 96.8 Å². The average molecular weight is 352 g/mol. The first-order valence-corrected chi connectivity index (χ1v) is 8.75. The minimum atomic E-state index is -0.265. The summed E-state index contributed by atoms with van der Waals surface area (Å²) in [4.78, 5) is 35.6. The van der Waals surface area contributed by atoms with Crippen LogP contribution < -0.4 is 5.56 Å². The highest BCUT2D eigenvalue weighted by atomic mass is 16.2. The Bertz CT molecular complexity index is 994. The van der Waals surface area contributed by atoms with Crippen LogP contribution >= 0.6 is 0 Å². The third-order valence-electron chi connectivity index (χ3n) is 4.94. The van der Waals surface area contributed by atoms with E-state index in [0.717, 1.165) is 31.4 Å². The number of rotatable bonds is 4. The Morgan fingerprint density at radius 1 is 1.31 bits per heavy atom. The average Bonchev–Trinajstić information content (AvgIpc) is 3.30. The summed E-state index contributed by atoms with van der Waals surface area (Å²) in [7, 11) is 1.61. The lowest BCUT2D eigenvalue weighted by Gasteiger charge is -2.24. The summed E-state index contributed by atoms with van der Waals surface area (Å²) in [5, 5.41) is 6.74. The van der Waals surface area contributed by atoms with Crippen LogP contribution in [0.1, 0.15) is 35.4 Å². The molecule has 1 aliphatic heterocycles. The van der Waals surface area contributed by atoms with Gasteiger partial charge in [0.25, 0.3) is 11.5 Å². The second-order valence-electron chi connectivity index (χ2n) is 6.61. The van der Waals surface area contributed by atoms with Gasteiger partial charge in [0.15, 0.2) is 5.52 Å². The van der Waals surface area contributed by atoms with Crippen LogP contribution in [0, 0.1) is 0 Å². The van der Waals surface area contributed by atoms with E-state index in [1.165, 1.54) is 10.9 Å². The van der Waals surface area contributed by atoms with Crippen LogP contribution in [0.4, 0.5) is 0 Å². The number of likely N-dealkylation sites (tertiary alicyclic amines) is 1. The van der Waals surface area contributed by atoms with Gasteiger partial charge in [0, 0.05) is 31.5 Å². The van der Waals surface area contributed by atoms with Crippen molar-refractivity contribution in [1.82, 2.24) is 29.6 Å². The Morgan fingerprint density at radius 3 is 3.00 bits per heavy atom. The predicted molar refractivity (Wildman–Crippen MR) is 95.7 cm³/mol. The highest BCUT2D eigenvalue weighted by Gasteiger charge is 2.31. The van der Waals surface area contributed by atoms with Crippen LogP contribution in [0.5, 0.6) is 0 Å². The first-order chi connectivity index (χ1) is 12.6. The van der Waals surface area contributed by atoms with Crippen LogP contribution in [0.3, 0.4) is 0 Å². The molecule has 1 fully saturated rings. The van der Waals surface area contributed by atoms with Gasteiger partial charge in [-0.25, -0.2) is 4.98 Å². The fourth-order valence-electron chi connectivity index (χ4n) is 3.53. The summed E-state index contributed by atoms with van der Waals surface area (Å²) in [6.45, 7) is 0.705. The predicted octanol–water partition coefficient (Wildman–Crippen LogP) is 1.29. The summed E-state index contributed by atoms with van der Waals surface area (Å²) < 4.78 is 1.35. The zero-order valence-corrected chi connectivity index (χ0v) is 14.6. The van der Waals surface area contributed by atoms with E-state index < -0.39 is 0 Å². The Kier molecular flexibility index (Phi) is 4.24. The van der Waals surface area contributed by atoms with Crippen molar-refractivity contribution < 1.29 is 4.79 Å². The SMILES string of the molecule is Cn1cnc2c(C(=O)N3CCC[C@H]3CCc3ccccn3)[nH]nc2c1=O. The lowest BCUT2D eigenvalue weighted by Crippen LogP contribution is -2.36. The zero-order valence-electron chi connectivity index (χ0n) is 14.6. The Labute approximate surface area is 149 Å². The fraction of sp³-hybridized carbons (Fsp3) is 0.389. The molecular formula is C18H20N6O2. The lowest BCUT2D eigenvalue weighted by molar-refractivity contribution is 0.0726. The van der Waals surface area contributed by atoms with E-state index in [4.69, 9.17) is 0 Å². The van der Waals surface area contributed by atoms with Gasteiger partial charge < -0.3 is 9.47 Å². The number of pyridine rings is 1. The smallest absolute Gasteiger partial charge is 0.281 e. The van der Waals surface area contributed by atoms with Gasteiger partial charge in [-0.3, -0.25) is 19.7 Å². The Morgan fingerprint density at radius 2 is 2.19 bits per heavy atom. The Balaban J connectivity index is 1.55. The molecule has 3 aromatic rings. The molecule has 0 unspecified atom stereocenters. The highest BCUT2D eigenvalue weighted by Crippen LogP contribution is 2.24. The fourth-order valence-corrected chi connectivity index (χ4v) is 3.53. The van der Waals surface area contributed by atoms with Gasteiger partial charge in [-0.2, -0.15) is 5.10 Å². The summed E-state index contributed by atoms with van der Waals surface area (Å²) in [5.74, 6) is -0.142. The highest BCUT2D eigenvalue weighted by molar-refractivity contribution is 6.03. The molecule has 4 heterocycles. The monoisotopic (exact) mass is 352 g/mol. The molecule has 0 aromatic carbocycles. The molecule has 1 N–H and O–H groups in total. The molecule has 26 heavy (non-hydrogen) atoms. The molecule has 0 aliphatic carbocycles. The molecule has 8 nitrogen and oxygen atoms in total. The maximum Gasteiger partial charge on any atom is 0.281 e. The van der Waals surface area contributed by atoms with Gasteiger partial charge in [-0.05, 0) is 37.8 Å². The third kappa shape index (κ3) is 2.87. The number of nitrogens with zero attached hydrogens (tertiary/aromatic N) is 5. The molecule has 134 valence electrons. The number of carbonyl (C=O) groups excluding carboxylic acids is 1. The number of carbonyl (C=O) groups is 1. The molecule has 1 aliphatic rings. The van der Waals surface area contributed by atoms with E-state index >= 15 is 0 Å². The summed E-state index contributed by atoms with van der Waals surface area (Å²) in [6.07, 6.45) is 6.84. The molecule has 1 saturated heterocycles. The molecule has 1 atom stereocenters. The molecule has 4 rings (SSSR count). The number of hydrogen-bond acceptors (Lipinski definition) is 5. The number of aryl methyl sites for hydroxylation is 2. The molecule has 0 spiro atoms. The lowest BCUT2D eigenvalue weighted by atomic mass is 10.1. The minimum absolute atomic E-state index is 0.142. The van der Waals surface area contributed by atoms with Gasteiger partial charge in [-0.15, -0.1) is 0 Å². The van der Waals surface area contributed by atoms with Crippen LogP contribution in [0.2, 0.25) is 0 Å². The van der Waals surface area contributed by atoms with Crippen molar-refractivity contribution in [2.75, 3.05) is 6.54 Å². The van der Waals surface area contributed by atoms with E-state index in [2.05, 4.69) is 20.2 Å². The number of aromatic nitrogens is 5. The Hall–Kier alpha value is -3.03. The van der Waals surface area contributed by atoms with Crippen LogP contribution in [-0.4, -0.2) is 48.1 Å². The molecule has 3 aromatic heterocycles. The quantitative estimate of drug-likeness (QED) is 0.763. The summed E-state index contributed by atoms with van der Waals surface area (Å²) >= 11 is 0. The number of H-pyrrole nitrogens is 1. The molecular weight excluding hydrogens is 332 g/mol. The summed E-state index contributed by atoms with van der Waals surface area (Å²) in [5.41, 5.74) is 1.60. The third-order valence-corrected chi connectivity index (χ3v) is 4.94. The van der Waals surface area contributed by atoms with Gasteiger partial charge in [-0.1, -0.05) is 6.07 Å². The van der Waals surface area contributed by atoms with E-state index in [9.17, 15) is 9.59 Å². The number of amides is 1. The zero-order chi connectivity index (χ0) is 18.1. The van der Waals surface area contributed by atoms with Crippen molar-refractivity contribution in [1.29, 1.82) is 0 Å². The molecule has 0 radical (unpaired) electrons. The van der Waals surface area contributed by atoms with Gasteiger partial charge in [0.05, 0.1) is 6.33 Å². The van der Waals surface area contributed by atoms with Crippen LogP contribution in [-0.2, 0) is 13.5 Å². The van der Waals surface area contributed by atoms with Crippen molar-refractivity contribution in [2.45, 2.75) is 31.7 Å². The largest absolute Gasteiger partial charge is 0.334 e. The number of aromatic amines is 1. The van der Waals surface area contributed by atoms with E-state index in [1.54, 1.807) is 13.2 Å². The van der Waals surface area contributed by atoms with Gasteiger partial charge >= 0.3 is 0 Å². The van der Waals surface area contributed by atoms with Crippen molar-refractivity contribution >= 4 is 16.9 Å². The van der Waals surface area contributed by atoms with E-state index in [-0.39, 0.29) is 23.0 Å². The molecule has 0 saturated carbocycles. The van der Waals surface area contributed by atoms with Crippen molar-refractivity contribution in [3.05, 3.63) is 52.5 Å². The maximum absolute atomic E-state index is 13.0.